The van der Waals surface area contributed by atoms with Gasteiger partial charge in [0.25, 0.3) is 0 Å². The van der Waals surface area contributed by atoms with Crippen molar-refractivity contribution >= 4 is 9.84 Å². The monoisotopic (exact) mass is 278 g/mol. The molecule has 0 aromatic rings. The van der Waals surface area contributed by atoms with E-state index < -0.39 is 15.4 Å². The van der Waals surface area contributed by atoms with Crippen LogP contribution in [0.4, 0.5) is 0 Å². The normalized spacial score (nSPS) is 26.4. The van der Waals surface area contributed by atoms with Gasteiger partial charge in [0.05, 0.1) is 17.1 Å². The van der Waals surface area contributed by atoms with Gasteiger partial charge in [0.15, 0.2) is 9.84 Å². The first-order valence-electron chi connectivity index (χ1n) is 6.65. The summed E-state index contributed by atoms with van der Waals surface area (Å²) in [4.78, 5) is 2.09. The first kappa shape index (κ1) is 15.9. The van der Waals surface area contributed by atoms with E-state index in [0.29, 0.717) is 18.6 Å². The molecule has 1 aliphatic rings. The van der Waals surface area contributed by atoms with Gasteiger partial charge in [0.2, 0.25) is 0 Å². The van der Waals surface area contributed by atoms with Crippen LogP contribution >= 0.6 is 0 Å². The molecule has 0 saturated carbocycles. The van der Waals surface area contributed by atoms with E-state index in [0.717, 1.165) is 19.4 Å². The highest BCUT2D eigenvalue weighted by Gasteiger charge is 2.30. The Kier molecular flexibility index (Phi) is 5.58. The van der Waals surface area contributed by atoms with Crippen LogP contribution in [0.5, 0.6) is 0 Å². The summed E-state index contributed by atoms with van der Waals surface area (Å²) in [5.74, 6) is 0.585. The van der Waals surface area contributed by atoms with Crippen LogP contribution in [0.15, 0.2) is 0 Å². The lowest BCUT2D eigenvalue weighted by Gasteiger charge is -2.28. The Morgan fingerprint density at radius 1 is 1.50 bits per heavy atom. The second-order valence-corrected chi connectivity index (χ2v) is 7.65. The van der Waals surface area contributed by atoms with Crippen LogP contribution in [-0.4, -0.2) is 61.7 Å². The Labute approximate surface area is 110 Å². The minimum absolute atomic E-state index is 0.141. The van der Waals surface area contributed by atoms with E-state index in [1.165, 1.54) is 0 Å². The molecule has 5 nitrogen and oxygen atoms in total. The molecule has 0 aliphatic carbocycles. The molecule has 6 heteroatoms. The number of nitrogens with two attached hydrogens (primary N) is 1. The van der Waals surface area contributed by atoms with Crippen molar-refractivity contribution in [1.29, 1.82) is 0 Å². The fourth-order valence-electron chi connectivity index (χ4n) is 2.39. The number of sulfone groups is 1. The van der Waals surface area contributed by atoms with E-state index in [-0.39, 0.29) is 18.3 Å². The lowest BCUT2D eigenvalue weighted by Crippen LogP contribution is -2.39. The molecule has 1 heterocycles. The molecular formula is C12H26N2O3S. The predicted octanol–water partition coefficient (Wildman–Crippen LogP) is -0.0147. The topological polar surface area (TPSA) is 83.6 Å². The second kappa shape index (κ2) is 6.32. The maximum Gasteiger partial charge on any atom is 0.151 e. The van der Waals surface area contributed by atoms with Crippen molar-refractivity contribution in [2.45, 2.75) is 44.2 Å². The predicted molar refractivity (Wildman–Crippen MR) is 73.2 cm³/mol. The first-order chi connectivity index (χ1) is 8.32. The van der Waals surface area contributed by atoms with Crippen LogP contribution in [0.3, 0.4) is 0 Å². The highest BCUT2D eigenvalue weighted by atomic mass is 32.2. The SMILES string of the molecule is CCC(O)(CN)CCCN(C)C1CCS(=O)(=O)C1. The zero-order chi connectivity index (χ0) is 13.8. The van der Waals surface area contributed by atoms with Crippen molar-refractivity contribution in [1.82, 2.24) is 4.90 Å². The molecule has 3 N–H and O–H groups in total. The second-order valence-electron chi connectivity index (χ2n) is 5.42. The molecule has 0 bridgehead atoms. The molecule has 18 heavy (non-hydrogen) atoms. The highest BCUT2D eigenvalue weighted by molar-refractivity contribution is 7.91. The third kappa shape index (κ3) is 4.50. The van der Waals surface area contributed by atoms with Gasteiger partial charge in [-0.3, -0.25) is 0 Å². The zero-order valence-electron chi connectivity index (χ0n) is 11.4. The van der Waals surface area contributed by atoms with Crippen molar-refractivity contribution in [2.24, 2.45) is 5.73 Å². The molecule has 0 spiro atoms. The van der Waals surface area contributed by atoms with Gasteiger partial charge in [0.1, 0.15) is 0 Å². The summed E-state index contributed by atoms with van der Waals surface area (Å²) in [6.07, 6.45) is 2.90. The third-order valence-corrected chi connectivity index (χ3v) is 5.77. The molecule has 108 valence electrons. The average Bonchev–Trinajstić information content (AvgIpc) is 2.69. The van der Waals surface area contributed by atoms with Gasteiger partial charge < -0.3 is 15.7 Å². The smallest absolute Gasteiger partial charge is 0.151 e. The molecular weight excluding hydrogens is 252 g/mol. The van der Waals surface area contributed by atoms with Crippen molar-refractivity contribution < 1.29 is 13.5 Å². The largest absolute Gasteiger partial charge is 0.389 e. The number of aliphatic hydroxyl groups is 1. The van der Waals surface area contributed by atoms with Gasteiger partial charge in [-0.25, -0.2) is 8.42 Å². The van der Waals surface area contributed by atoms with Gasteiger partial charge in [0, 0.05) is 12.6 Å². The summed E-state index contributed by atoms with van der Waals surface area (Å²) in [5, 5.41) is 10.1. The maximum absolute atomic E-state index is 11.4. The summed E-state index contributed by atoms with van der Waals surface area (Å²) < 4.78 is 22.8. The fraction of sp³-hybridized carbons (Fsp3) is 1.00. The van der Waals surface area contributed by atoms with Gasteiger partial charge in [-0.1, -0.05) is 6.92 Å². The van der Waals surface area contributed by atoms with Crippen LogP contribution in [0.1, 0.15) is 32.6 Å². The van der Waals surface area contributed by atoms with E-state index in [2.05, 4.69) is 4.90 Å². The van der Waals surface area contributed by atoms with E-state index >= 15 is 0 Å². The minimum Gasteiger partial charge on any atom is -0.389 e. The molecule has 0 aromatic carbocycles. The summed E-state index contributed by atoms with van der Waals surface area (Å²) in [5.41, 5.74) is 4.79. The summed E-state index contributed by atoms with van der Waals surface area (Å²) in [6.45, 7) is 3.02. The van der Waals surface area contributed by atoms with E-state index in [4.69, 9.17) is 5.73 Å². The minimum atomic E-state index is -2.81. The number of hydrogen-bond acceptors (Lipinski definition) is 5. The maximum atomic E-state index is 11.4. The molecule has 2 atom stereocenters. The molecule has 1 fully saturated rings. The summed E-state index contributed by atoms with van der Waals surface area (Å²) in [6, 6.07) is 0.141. The Balaban J connectivity index is 2.32. The van der Waals surface area contributed by atoms with Crippen LogP contribution in [0, 0.1) is 0 Å². The summed E-state index contributed by atoms with van der Waals surface area (Å²) in [7, 11) is -0.857. The molecule has 1 aliphatic heterocycles. The highest BCUT2D eigenvalue weighted by Crippen LogP contribution is 2.19. The van der Waals surface area contributed by atoms with Crippen LogP contribution < -0.4 is 5.73 Å². The molecule has 1 saturated heterocycles. The number of nitrogens with zero attached hydrogens (tertiary/aromatic N) is 1. The molecule has 0 amide bonds. The lowest BCUT2D eigenvalue weighted by molar-refractivity contribution is 0.0314. The van der Waals surface area contributed by atoms with E-state index in [9.17, 15) is 13.5 Å². The average molecular weight is 278 g/mol. The Bertz CT molecular complexity index is 352. The quantitative estimate of drug-likeness (QED) is 0.684. The lowest BCUT2D eigenvalue weighted by atomic mass is 9.95. The van der Waals surface area contributed by atoms with E-state index in [1.54, 1.807) is 0 Å². The zero-order valence-corrected chi connectivity index (χ0v) is 12.2. The molecule has 1 rings (SSSR count). The molecule has 0 aromatic heterocycles. The van der Waals surface area contributed by atoms with Crippen molar-refractivity contribution in [3.63, 3.8) is 0 Å². The van der Waals surface area contributed by atoms with Crippen LogP contribution in [0.2, 0.25) is 0 Å². The molecule has 0 radical (unpaired) electrons. The number of hydrogen-bond donors (Lipinski definition) is 2. The van der Waals surface area contributed by atoms with Crippen molar-refractivity contribution in [3.05, 3.63) is 0 Å². The standard InChI is InChI=1S/C12H26N2O3S/c1-3-12(15,10-13)6-4-7-14(2)11-5-8-18(16,17)9-11/h11,15H,3-10,13H2,1-2H3. The van der Waals surface area contributed by atoms with Crippen LogP contribution in [0.25, 0.3) is 0 Å². The number of rotatable bonds is 7. The Morgan fingerprint density at radius 2 is 2.17 bits per heavy atom. The third-order valence-electron chi connectivity index (χ3n) is 4.02. The van der Waals surface area contributed by atoms with Crippen LogP contribution in [-0.2, 0) is 9.84 Å². The molecule has 2 unspecified atom stereocenters. The van der Waals surface area contributed by atoms with E-state index in [1.807, 2.05) is 14.0 Å². The van der Waals surface area contributed by atoms with Gasteiger partial charge in [-0.15, -0.1) is 0 Å². The van der Waals surface area contributed by atoms with Gasteiger partial charge >= 0.3 is 0 Å². The fourth-order valence-corrected chi connectivity index (χ4v) is 4.19. The van der Waals surface area contributed by atoms with Crippen molar-refractivity contribution in [2.75, 3.05) is 31.6 Å². The van der Waals surface area contributed by atoms with Crippen molar-refractivity contribution in [3.8, 4) is 0 Å². The first-order valence-corrected chi connectivity index (χ1v) is 8.47. The Hall–Kier alpha value is -0.170. The Morgan fingerprint density at radius 3 is 2.61 bits per heavy atom. The van der Waals surface area contributed by atoms with Gasteiger partial charge in [-0.2, -0.15) is 0 Å². The van der Waals surface area contributed by atoms with Gasteiger partial charge in [-0.05, 0) is 39.3 Å². The summed E-state index contributed by atoms with van der Waals surface area (Å²) >= 11 is 0.